The zero-order chi connectivity index (χ0) is 19.2. The fourth-order valence-corrected chi connectivity index (χ4v) is 2.04. The Morgan fingerprint density at radius 3 is 2.58 bits per heavy atom. The number of hydrogen-bond acceptors (Lipinski definition) is 6. The number of carbonyl (C=O) groups excluding carboxylic acids is 1. The monoisotopic (exact) mass is 361 g/mol. The Labute approximate surface area is 151 Å². The largest absolute Gasteiger partial charge is 0.494 e. The number of benzene rings is 1. The summed E-state index contributed by atoms with van der Waals surface area (Å²) in [6.45, 7) is 5.67. The Kier molecular flexibility index (Phi) is 6.32. The van der Waals surface area contributed by atoms with Gasteiger partial charge in [0.05, 0.1) is 12.0 Å². The van der Waals surface area contributed by atoms with Crippen molar-refractivity contribution in [3.63, 3.8) is 0 Å². The van der Waals surface area contributed by atoms with Gasteiger partial charge in [-0.2, -0.15) is 4.98 Å². The molecule has 8 nitrogen and oxygen atoms in total. The van der Waals surface area contributed by atoms with E-state index in [9.17, 15) is 9.59 Å². The van der Waals surface area contributed by atoms with Gasteiger partial charge in [-0.25, -0.2) is 0 Å². The molecule has 0 aliphatic rings. The predicted molar refractivity (Wildman–Crippen MR) is 93.7 cm³/mol. The summed E-state index contributed by atoms with van der Waals surface area (Å²) in [4.78, 5) is 27.1. The van der Waals surface area contributed by atoms with Crippen LogP contribution >= 0.6 is 0 Å². The molecule has 0 aliphatic carbocycles. The zero-order valence-corrected chi connectivity index (χ0v) is 15.1. The summed E-state index contributed by atoms with van der Waals surface area (Å²) in [5, 5.41) is 15.5. The van der Waals surface area contributed by atoms with Crippen LogP contribution in [0.1, 0.15) is 33.1 Å². The summed E-state index contributed by atoms with van der Waals surface area (Å²) in [7, 11) is 0. The van der Waals surface area contributed by atoms with Crippen LogP contribution in [-0.2, 0) is 16.0 Å². The number of aliphatic carboxylic acids is 1. The lowest BCUT2D eigenvalue weighted by atomic mass is 9.94. The average Bonchev–Trinajstić information content (AvgIpc) is 3.08. The Morgan fingerprint density at radius 1 is 1.27 bits per heavy atom. The topological polar surface area (TPSA) is 115 Å². The molecule has 1 aromatic heterocycles. The van der Waals surface area contributed by atoms with Crippen LogP contribution in [0.4, 0.5) is 0 Å². The fourth-order valence-electron chi connectivity index (χ4n) is 2.04. The van der Waals surface area contributed by atoms with E-state index < -0.39 is 11.4 Å². The molecule has 0 saturated heterocycles. The number of carboxylic acids is 1. The lowest BCUT2D eigenvalue weighted by Gasteiger charge is -2.19. The van der Waals surface area contributed by atoms with Gasteiger partial charge < -0.3 is 19.7 Å². The van der Waals surface area contributed by atoms with Gasteiger partial charge in [0, 0.05) is 24.9 Å². The van der Waals surface area contributed by atoms with Crippen molar-refractivity contribution in [2.45, 2.75) is 33.6 Å². The molecule has 0 aliphatic heterocycles. The number of ether oxygens (including phenoxy) is 1. The molecule has 1 heterocycles. The first-order valence-corrected chi connectivity index (χ1v) is 8.37. The molecular formula is C18H23N3O5. The van der Waals surface area contributed by atoms with Crippen LogP contribution in [0.15, 0.2) is 28.8 Å². The summed E-state index contributed by atoms with van der Waals surface area (Å²) >= 11 is 0. The van der Waals surface area contributed by atoms with Crippen molar-refractivity contribution in [2.24, 2.45) is 5.41 Å². The third-order valence-electron chi connectivity index (χ3n) is 3.76. The molecular weight excluding hydrogens is 338 g/mol. The number of amides is 1. The molecule has 0 fully saturated rings. The van der Waals surface area contributed by atoms with Crippen molar-refractivity contribution < 1.29 is 24.0 Å². The molecule has 1 aromatic carbocycles. The molecule has 26 heavy (non-hydrogen) atoms. The minimum atomic E-state index is -1.01. The fraction of sp³-hybridized carbons (Fsp3) is 0.444. The van der Waals surface area contributed by atoms with E-state index in [-0.39, 0.29) is 25.3 Å². The summed E-state index contributed by atoms with van der Waals surface area (Å²) in [5.41, 5.74) is -0.225. The van der Waals surface area contributed by atoms with Crippen molar-refractivity contribution in [2.75, 3.05) is 13.2 Å². The van der Waals surface area contributed by atoms with E-state index in [0.29, 0.717) is 18.3 Å². The van der Waals surface area contributed by atoms with Gasteiger partial charge >= 0.3 is 5.97 Å². The summed E-state index contributed by atoms with van der Waals surface area (Å²) in [5.74, 6) is 0.327. The second kappa shape index (κ2) is 8.46. The number of carboxylic acid groups (broad SMARTS) is 1. The maximum absolute atomic E-state index is 11.9. The molecule has 2 N–H and O–H groups in total. The zero-order valence-electron chi connectivity index (χ0n) is 15.1. The Morgan fingerprint density at radius 2 is 1.96 bits per heavy atom. The first kappa shape index (κ1) is 19.4. The molecule has 0 spiro atoms. The van der Waals surface area contributed by atoms with Crippen molar-refractivity contribution in [1.29, 1.82) is 0 Å². The smallest absolute Gasteiger partial charge is 0.310 e. The first-order valence-electron chi connectivity index (χ1n) is 8.37. The van der Waals surface area contributed by atoms with E-state index in [4.69, 9.17) is 14.4 Å². The quantitative estimate of drug-likeness (QED) is 0.704. The van der Waals surface area contributed by atoms with Gasteiger partial charge in [0.1, 0.15) is 5.75 Å². The van der Waals surface area contributed by atoms with Crippen LogP contribution in [0.25, 0.3) is 11.4 Å². The van der Waals surface area contributed by atoms with Crippen LogP contribution in [0, 0.1) is 5.41 Å². The van der Waals surface area contributed by atoms with Crippen LogP contribution < -0.4 is 10.1 Å². The van der Waals surface area contributed by atoms with E-state index >= 15 is 0 Å². The third kappa shape index (κ3) is 5.30. The highest BCUT2D eigenvalue weighted by molar-refractivity contribution is 5.78. The first-order chi connectivity index (χ1) is 12.3. The number of carbonyl (C=O) groups is 2. The number of nitrogens with zero attached hydrogens (tertiary/aromatic N) is 2. The maximum Gasteiger partial charge on any atom is 0.310 e. The van der Waals surface area contributed by atoms with Crippen molar-refractivity contribution in [3.05, 3.63) is 30.2 Å². The van der Waals surface area contributed by atoms with Crippen LogP contribution in [0.3, 0.4) is 0 Å². The Balaban J connectivity index is 1.86. The minimum absolute atomic E-state index is 0.0580. The predicted octanol–water partition coefficient (Wildman–Crippen LogP) is 2.29. The normalized spacial score (nSPS) is 11.2. The Bertz CT molecular complexity index is 752. The molecule has 1 amide bonds. The lowest BCUT2D eigenvalue weighted by Crippen LogP contribution is -2.38. The van der Waals surface area contributed by atoms with Crippen LogP contribution in [0.5, 0.6) is 5.75 Å². The molecule has 2 aromatic rings. The number of aryl methyl sites for hydroxylation is 1. The molecule has 0 unspecified atom stereocenters. The van der Waals surface area contributed by atoms with Crippen molar-refractivity contribution in [3.8, 4) is 17.1 Å². The molecule has 0 radical (unpaired) electrons. The minimum Gasteiger partial charge on any atom is -0.494 e. The van der Waals surface area contributed by atoms with E-state index in [1.807, 2.05) is 31.2 Å². The molecule has 0 saturated carbocycles. The molecule has 2 rings (SSSR count). The van der Waals surface area contributed by atoms with Gasteiger partial charge in [-0.1, -0.05) is 5.16 Å². The standard InChI is InChI=1S/C18H23N3O5/c1-4-25-13-7-5-12(6-8-13)16-20-15(26-21-16)10-9-14(22)19-11-18(2,3)17(23)24/h5-8H,4,9-11H2,1-3H3,(H,19,22)(H,23,24). The average molecular weight is 361 g/mol. The highest BCUT2D eigenvalue weighted by Crippen LogP contribution is 2.20. The van der Waals surface area contributed by atoms with E-state index in [1.54, 1.807) is 13.8 Å². The van der Waals surface area contributed by atoms with Crippen LogP contribution in [0.2, 0.25) is 0 Å². The van der Waals surface area contributed by atoms with Gasteiger partial charge in [0.2, 0.25) is 17.6 Å². The van der Waals surface area contributed by atoms with Crippen molar-refractivity contribution >= 4 is 11.9 Å². The Hall–Kier alpha value is -2.90. The number of hydrogen-bond donors (Lipinski definition) is 2. The molecule has 0 atom stereocenters. The molecule has 140 valence electrons. The van der Waals surface area contributed by atoms with Gasteiger partial charge in [-0.15, -0.1) is 0 Å². The van der Waals surface area contributed by atoms with E-state index in [2.05, 4.69) is 15.5 Å². The summed E-state index contributed by atoms with van der Waals surface area (Å²) in [6.07, 6.45) is 0.421. The second-order valence-corrected chi connectivity index (χ2v) is 6.43. The van der Waals surface area contributed by atoms with Gasteiger partial charge in [-0.3, -0.25) is 9.59 Å². The lowest BCUT2D eigenvalue weighted by molar-refractivity contribution is -0.146. The second-order valence-electron chi connectivity index (χ2n) is 6.43. The highest BCUT2D eigenvalue weighted by atomic mass is 16.5. The SMILES string of the molecule is CCOc1ccc(-c2noc(CCC(=O)NCC(C)(C)C(=O)O)n2)cc1. The number of rotatable bonds is 9. The van der Waals surface area contributed by atoms with Gasteiger partial charge in [-0.05, 0) is 45.0 Å². The number of aromatic nitrogens is 2. The summed E-state index contributed by atoms with van der Waals surface area (Å²) < 4.78 is 10.5. The molecule has 0 bridgehead atoms. The molecule has 8 heteroatoms. The summed E-state index contributed by atoms with van der Waals surface area (Å²) in [6, 6.07) is 7.32. The maximum atomic E-state index is 11.9. The number of nitrogens with one attached hydrogen (secondary N) is 1. The van der Waals surface area contributed by atoms with E-state index in [0.717, 1.165) is 11.3 Å². The van der Waals surface area contributed by atoms with Crippen LogP contribution in [-0.4, -0.2) is 40.3 Å². The van der Waals surface area contributed by atoms with Gasteiger partial charge in [0.15, 0.2) is 0 Å². The van der Waals surface area contributed by atoms with Crippen molar-refractivity contribution in [1.82, 2.24) is 15.5 Å². The highest BCUT2D eigenvalue weighted by Gasteiger charge is 2.27. The van der Waals surface area contributed by atoms with Gasteiger partial charge in [0.25, 0.3) is 0 Å². The van der Waals surface area contributed by atoms with E-state index in [1.165, 1.54) is 0 Å². The third-order valence-corrected chi connectivity index (χ3v) is 3.76.